The zero-order chi connectivity index (χ0) is 13.4. The van der Waals surface area contributed by atoms with E-state index in [-0.39, 0.29) is 11.3 Å². The summed E-state index contributed by atoms with van der Waals surface area (Å²) in [5.74, 6) is -0.434. The quantitative estimate of drug-likeness (QED) is 0.675. The maximum atomic E-state index is 12.4. The predicted molar refractivity (Wildman–Crippen MR) is 75.0 cm³/mol. The van der Waals surface area contributed by atoms with Crippen molar-refractivity contribution in [1.82, 2.24) is 9.55 Å². The largest absolute Gasteiger partial charge is 0.481 e. The fourth-order valence-corrected chi connectivity index (χ4v) is 3.39. The first-order valence-electron chi connectivity index (χ1n) is 5.98. The van der Waals surface area contributed by atoms with Crippen molar-refractivity contribution >= 4 is 39.3 Å². The van der Waals surface area contributed by atoms with Crippen molar-refractivity contribution in [1.29, 1.82) is 0 Å². The Morgan fingerprint density at radius 1 is 1.58 bits per heavy atom. The van der Waals surface area contributed by atoms with Crippen molar-refractivity contribution in [3.8, 4) is 0 Å². The highest BCUT2D eigenvalue weighted by Gasteiger charge is 2.24. The van der Waals surface area contributed by atoms with Gasteiger partial charge < -0.3 is 5.11 Å². The molecule has 2 aromatic heterocycles. The lowest BCUT2D eigenvalue weighted by Gasteiger charge is -2.10. The van der Waals surface area contributed by atoms with Gasteiger partial charge in [0.2, 0.25) is 0 Å². The van der Waals surface area contributed by atoms with E-state index in [0.717, 1.165) is 24.6 Å². The first kappa shape index (κ1) is 12.7. The highest BCUT2D eigenvalue weighted by atomic mass is 32.2. The Kier molecular flexibility index (Phi) is 3.32. The molecule has 3 rings (SSSR count). The van der Waals surface area contributed by atoms with Gasteiger partial charge in [-0.1, -0.05) is 11.8 Å². The number of aromatic nitrogens is 2. The molecule has 7 heteroatoms. The van der Waals surface area contributed by atoms with Gasteiger partial charge in [-0.05, 0) is 30.2 Å². The third-order valence-electron chi connectivity index (χ3n) is 2.99. The summed E-state index contributed by atoms with van der Waals surface area (Å²) in [4.78, 5) is 27.5. The van der Waals surface area contributed by atoms with Crippen molar-refractivity contribution in [3.05, 3.63) is 21.8 Å². The molecule has 19 heavy (non-hydrogen) atoms. The van der Waals surface area contributed by atoms with Crippen LogP contribution in [0.15, 0.2) is 21.4 Å². The Morgan fingerprint density at radius 3 is 3.05 bits per heavy atom. The summed E-state index contributed by atoms with van der Waals surface area (Å²) in [6, 6.07) is 1.80. The summed E-state index contributed by atoms with van der Waals surface area (Å²) < 4.78 is 2.30. The summed E-state index contributed by atoms with van der Waals surface area (Å²) >= 11 is 2.50. The minimum absolute atomic E-state index is 0.0419. The molecule has 1 saturated carbocycles. The van der Waals surface area contributed by atoms with E-state index in [1.54, 1.807) is 10.6 Å². The van der Waals surface area contributed by atoms with E-state index in [4.69, 9.17) is 5.11 Å². The van der Waals surface area contributed by atoms with Crippen molar-refractivity contribution in [2.45, 2.75) is 24.5 Å². The summed E-state index contributed by atoms with van der Waals surface area (Å²) in [6.07, 6.45) is 2.27. The monoisotopic (exact) mass is 296 g/mol. The van der Waals surface area contributed by atoms with Crippen LogP contribution in [0.25, 0.3) is 10.2 Å². The SMILES string of the molecule is O=C(O)CSc1nc2ccsc2c(=O)n1CC1CC1. The number of carboxylic acids is 1. The van der Waals surface area contributed by atoms with Crippen LogP contribution in [0.1, 0.15) is 12.8 Å². The zero-order valence-electron chi connectivity index (χ0n) is 10.0. The summed E-state index contributed by atoms with van der Waals surface area (Å²) in [5.41, 5.74) is 0.620. The van der Waals surface area contributed by atoms with E-state index in [0.29, 0.717) is 27.8 Å². The number of fused-ring (bicyclic) bond motifs is 1. The Labute approximate surface area is 117 Å². The molecular formula is C12H12N2O3S2. The molecule has 5 nitrogen and oxygen atoms in total. The first-order valence-corrected chi connectivity index (χ1v) is 7.84. The topological polar surface area (TPSA) is 72.2 Å². The van der Waals surface area contributed by atoms with Crippen molar-refractivity contribution in [2.24, 2.45) is 5.92 Å². The predicted octanol–water partition coefficient (Wildman–Crippen LogP) is 2.04. The van der Waals surface area contributed by atoms with Crippen LogP contribution in [-0.4, -0.2) is 26.4 Å². The fraction of sp³-hybridized carbons (Fsp3) is 0.417. The molecule has 0 amide bonds. The average molecular weight is 296 g/mol. The van der Waals surface area contributed by atoms with Gasteiger partial charge in [0.1, 0.15) is 4.70 Å². The highest BCUT2D eigenvalue weighted by Crippen LogP contribution is 2.32. The molecule has 0 bridgehead atoms. The fourth-order valence-electron chi connectivity index (χ4n) is 1.88. The van der Waals surface area contributed by atoms with E-state index in [2.05, 4.69) is 4.98 Å². The molecule has 0 aromatic carbocycles. The second-order valence-corrected chi connectivity index (χ2v) is 6.43. The minimum Gasteiger partial charge on any atom is -0.481 e. The molecule has 2 heterocycles. The van der Waals surface area contributed by atoms with Crippen LogP contribution in [0.3, 0.4) is 0 Å². The molecule has 0 radical (unpaired) electrons. The smallest absolute Gasteiger partial charge is 0.313 e. The van der Waals surface area contributed by atoms with E-state index in [1.165, 1.54) is 11.3 Å². The standard InChI is InChI=1S/C12H12N2O3S2/c15-9(16)6-19-12-13-8-3-4-18-10(8)11(17)14(12)5-7-1-2-7/h3-4,7H,1-2,5-6H2,(H,15,16). The normalized spacial score (nSPS) is 14.9. The lowest BCUT2D eigenvalue weighted by atomic mass is 10.4. The molecule has 2 aromatic rings. The summed E-state index contributed by atoms with van der Waals surface area (Å²) in [5, 5.41) is 11.1. The van der Waals surface area contributed by atoms with Crippen molar-refractivity contribution in [2.75, 3.05) is 5.75 Å². The van der Waals surface area contributed by atoms with Gasteiger partial charge in [0.05, 0.1) is 11.3 Å². The van der Waals surface area contributed by atoms with Gasteiger partial charge in [-0.25, -0.2) is 4.98 Å². The van der Waals surface area contributed by atoms with Crippen LogP contribution in [0.4, 0.5) is 0 Å². The third-order valence-corrected chi connectivity index (χ3v) is 4.85. The number of aliphatic carboxylic acids is 1. The van der Waals surface area contributed by atoms with E-state index in [1.807, 2.05) is 5.38 Å². The summed E-state index contributed by atoms with van der Waals surface area (Å²) in [7, 11) is 0. The molecule has 1 aliphatic carbocycles. The zero-order valence-corrected chi connectivity index (χ0v) is 11.7. The number of carbonyl (C=O) groups is 1. The Bertz CT molecular complexity index is 688. The molecule has 1 N–H and O–H groups in total. The van der Waals surface area contributed by atoms with Gasteiger partial charge >= 0.3 is 5.97 Å². The molecular weight excluding hydrogens is 284 g/mol. The number of hydrogen-bond donors (Lipinski definition) is 1. The Morgan fingerprint density at radius 2 is 2.37 bits per heavy atom. The van der Waals surface area contributed by atoms with Gasteiger partial charge in [0, 0.05) is 6.54 Å². The lowest BCUT2D eigenvalue weighted by molar-refractivity contribution is -0.133. The molecule has 1 fully saturated rings. The molecule has 1 aliphatic rings. The summed E-state index contributed by atoms with van der Waals surface area (Å²) in [6.45, 7) is 0.654. The Balaban J connectivity index is 2.04. The second-order valence-electron chi connectivity index (χ2n) is 4.57. The van der Waals surface area contributed by atoms with Crippen molar-refractivity contribution in [3.63, 3.8) is 0 Å². The van der Waals surface area contributed by atoms with Gasteiger partial charge in [-0.2, -0.15) is 0 Å². The molecule has 0 aliphatic heterocycles. The number of carboxylic acid groups (broad SMARTS) is 1. The van der Waals surface area contributed by atoms with Gasteiger partial charge in [0.25, 0.3) is 5.56 Å². The second kappa shape index (κ2) is 4.97. The number of thiophene rings is 1. The average Bonchev–Trinajstić information content (AvgIpc) is 3.06. The van der Waals surface area contributed by atoms with Crippen LogP contribution in [0.5, 0.6) is 0 Å². The van der Waals surface area contributed by atoms with E-state index < -0.39 is 5.97 Å². The number of rotatable bonds is 5. The molecule has 0 saturated heterocycles. The molecule has 0 unspecified atom stereocenters. The molecule has 0 atom stereocenters. The Hall–Kier alpha value is -1.34. The minimum atomic E-state index is -0.900. The number of thioether (sulfide) groups is 1. The van der Waals surface area contributed by atoms with E-state index >= 15 is 0 Å². The van der Waals surface area contributed by atoms with Gasteiger partial charge in [-0.3, -0.25) is 14.2 Å². The van der Waals surface area contributed by atoms with Gasteiger partial charge in [0.15, 0.2) is 5.16 Å². The van der Waals surface area contributed by atoms with Crippen LogP contribution >= 0.6 is 23.1 Å². The molecule has 0 spiro atoms. The van der Waals surface area contributed by atoms with Gasteiger partial charge in [-0.15, -0.1) is 11.3 Å². The highest BCUT2D eigenvalue weighted by molar-refractivity contribution is 7.99. The lowest BCUT2D eigenvalue weighted by Crippen LogP contribution is -2.23. The first-order chi connectivity index (χ1) is 9.15. The number of hydrogen-bond acceptors (Lipinski definition) is 5. The number of nitrogens with zero attached hydrogens (tertiary/aromatic N) is 2. The van der Waals surface area contributed by atoms with Crippen LogP contribution < -0.4 is 5.56 Å². The maximum Gasteiger partial charge on any atom is 0.313 e. The third kappa shape index (κ3) is 2.66. The van der Waals surface area contributed by atoms with Crippen LogP contribution in [0, 0.1) is 5.92 Å². The van der Waals surface area contributed by atoms with E-state index in [9.17, 15) is 9.59 Å². The maximum absolute atomic E-state index is 12.4. The van der Waals surface area contributed by atoms with Crippen LogP contribution in [-0.2, 0) is 11.3 Å². The van der Waals surface area contributed by atoms with Crippen molar-refractivity contribution < 1.29 is 9.90 Å². The molecule has 100 valence electrons. The van der Waals surface area contributed by atoms with Crippen LogP contribution in [0.2, 0.25) is 0 Å².